The first-order chi connectivity index (χ1) is 17.1. The van der Waals surface area contributed by atoms with E-state index >= 15 is 0 Å². The molecule has 0 N–H and O–H groups in total. The highest BCUT2D eigenvalue weighted by molar-refractivity contribution is 5.60. The van der Waals surface area contributed by atoms with Gasteiger partial charge in [-0.2, -0.15) is 9.50 Å². The number of hydrogen-bond donors (Lipinski definition) is 0. The summed E-state index contributed by atoms with van der Waals surface area (Å²) >= 11 is 0. The van der Waals surface area contributed by atoms with Gasteiger partial charge in [-0.05, 0) is 69.2 Å². The highest BCUT2D eigenvalue weighted by Gasteiger charge is 2.27. The van der Waals surface area contributed by atoms with Crippen LogP contribution in [0.5, 0.6) is 0 Å². The maximum atomic E-state index is 5.00. The van der Waals surface area contributed by atoms with Crippen molar-refractivity contribution < 1.29 is 0 Å². The number of fused-ring (bicyclic) bond motifs is 2. The van der Waals surface area contributed by atoms with Gasteiger partial charge in [-0.1, -0.05) is 42.0 Å². The fourth-order valence-electron chi connectivity index (χ4n) is 5.59. The largest absolute Gasteiger partial charge is 0.368 e. The molecule has 0 bridgehead atoms. The van der Waals surface area contributed by atoms with Crippen molar-refractivity contribution in [1.29, 1.82) is 0 Å². The molecule has 0 saturated carbocycles. The molecule has 1 aliphatic heterocycles. The number of anilines is 2. The molecule has 4 aromatic rings. The van der Waals surface area contributed by atoms with Crippen LogP contribution in [0.1, 0.15) is 52.2 Å². The third-order valence-electron chi connectivity index (χ3n) is 7.76. The van der Waals surface area contributed by atoms with E-state index in [9.17, 15) is 0 Å². The molecule has 1 fully saturated rings. The highest BCUT2D eigenvalue weighted by atomic mass is 15.4. The van der Waals surface area contributed by atoms with Crippen LogP contribution in [0.15, 0.2) is 42.5 Å². The van der Waals surface area contributed by atoms with Crippen molar-refractivity contribution in [2.75, 3.05) is 36.0 Å². The van der Waals surface area contributed by atoms with Gasteiger partial charge in [0.25, 0.3) is 5.78 Å². The van der Waals surface area contributed by atoms with Gasteiger partial charge in [-0.25, -0.2) is 4.98 Å². The zero-order chi connectivity index (χ0) is 23.9. The minimum Gasteiger partial charge on any atom is -0.368 e. The molecule has 2 aromatic carbocycles. The molecule has 0 unspecified atom stereocenters. The zero-order valence-electron chi connectivity index (χ0n) is 21.1. The van der Waals surface area contributed by atoms with Crippen molar-refractivity contribution in [3.05, 3.63) is 81.8 Å². The molecule has 2 aliphatic rings. The Labute approximate surface area is 207 Å². The Morgan fingerprint density at radius 2 is 1.54 bits per heavy atom. The highest BCUT2D eigenvalue weighted by Crippen LogP contribution is 2.32. The minimum atomic E-state index is 0.730. The van der Waals surface area contributed by atoms with Gasteiger partial charge in [0, 0.05) is 43.9 Å². The second-order valence-corrected chi connectivity index (χ2v) is 10.2. The summed E-state index contributed by atoms with van der Waals surface area (Å²) in [6.45, 7) is 10.5. The molecule has 2 aromatic heterocycles. The van der Waals surface area contributed by atoms with Crippen molar-refractivity contribution in [1.82, 2.24) is 19.6 Å². The number of piperazine rings is 1. The van der Waals surface area contributed by atoms with Crippen LogP contribution in [0.2, 0.25) is 0 Å². The first-order valence-corrected chi connectivity index (χ1v) is 13.0. The van der Waals surface area contributed by atoms with Gasteiger partial charge in [0.15, 0.2) is 5.82 Å². The van der Waals surface area contributed by atoms with Gasteiger partial charge < -0.3 is 9.80 Å². The molecule has 0 radical (unpaired) electrons. The lowest BCUT2D eigenvalue weighted by Crippen LogP contribution is -2.48. The van der Waals surface area contributed by atoms with Crippen molar-refractivity contribution in [3.63, 3.8) is 0 Å². The predicted octanol–water partition coefficient (Wildman–Crippen LogP) is 4.85. The number of benzene rings is 2. The summed E-state index contributed by atoms with van der Waals surface area (Å²) in [7, 11) is 0. The van der Waals surface area contributed by atoms with Crippen molar-refractivity contribution in [2.24, 2.45) is 0 Å². The van der Waals surface area contributed by atoms with Crippen LogP contribution in [0, 0.1) is 20.8 Å². The quantitative estimate of drug-likeness (QED) is 0.431. The van der Waals surface area contributed by atoms with Crippen molar-refractivity contribution in [2.45, 2.75) is 52.9 Å². The third kappa shape index (κ3) is 4.15. The van der Waals surface area contributed by atoms with Gasteiger partial charge in [-0.3, -0.25) is 0 Å². The Bertz CT molecular complexity index is 1360. The van der Waals surface area contributed by atoms with E-state index in [1.807, 2.05) is 4.52 Å². The second kappa shape index (κ2) is 8.99. The Kier molecular flexibility index (Phi) is 5.67. The molecule has 0 atom stereocenters. The number of aromatic nitrogens is 4. The molecule has 6 nitrogen and oxygen atoms in total. The van der Waals surface area contributed by atoms with Crippen LogP contribution in [-0.2, 0) is 19.3 Å². The van der Waals surface area contributed by atoms with Gasteiger partial charge in [-0.15, -0.1) is 5.10 Å². The lowest BCUT2D eigenvalue weighted by molar-refractivity contribution is 0.613. The molecule has 0 amide bonds. The fourth-order valence-corrected chi connectivity index (χ4v) is 5.59. The van der Waals surface area contributed by atoms with E-state index in [0.29, 0.717) is 0 Å². The van der Waals surface area contributed by atoms with E-state index in [4.69, 9.17) is 15.1 Å². The van der Waals surface area contributed by atoms with Crippen LogP contribution in [0.25, 0.3) is 5.78 Å². The molecule has 1 aliphatic carbocycles. The summed E-state index contributed by atoms with van der Waals surface area (Å²) in [5.41, 5.74) is 9.24. The van der Waals surface area contributed by atoms with E-state index in [0.717, 1.165) is 57.0 Å². The monoisotopic (exact) mass is 466 g/mol. The van der Waals surface area contributed by atoms with Crippen LogP contribution in [0.3, 0.4) is 0 Å². The zero-order valence-corrected chi connectivity index (χ0v) is 21.1. The normalized spacial score (nSPS) is 16.1. The number of hydrogen-bond acceptors (Lipinski definition) is 5. The third-order valence-corrected chi connectivity index (χ3v) is 7.76. The maximum Gasteiger partial charge on any atom is 0.254 e. The van der Waals surface area contributed by atoms with Crippen LogP contribution in [-0.4, -0.2) is 45.8 Å². The van der Waals surface area contributed by atoms with Gasteiger partial charge in [0.1, 0.15) is 5.82 Å². The molecule has 3 heterocycles. The average Bonchev–Trinajstić information content (AvgIpc) is 3.27. The first-order valence-electron chi connectivity index (χ1n) is 13.0. The van der Waals surface area contributed by atoms with E-state index in [-0.39, 0.29) is 0 Å². The summed E-state index contributed by atoms with van der Waals surface area (Å²) in [6.07, 6.45) is 5.29. The van der Waals surface area contributed by atoms with E-state index in [2.05, 4.69) is 73.0 Å². The van der Waals surface area contributed by atoms with E-state index in [1.54, 1.807) is 0 Å². The molecular weight excluding hydrogens is 432 g/mol. The average molecular weight is 467 g/mol. The lowest BCUT2D eigenvalue weighted by Gasteiger charge is -2.39. The molecule has 0 spiro atoms. The molecule has 6 heteroatoms. The summed E-state index contributed by atoms with van der Waals surface area (Å²) in [5.74, 6) is 2.83. The maximum absolute atomic E-state index is 5.00. The molecular formula is C29H34N6. The Hall–Kier alpha value is -3.41. The summed E-state index contributed by atoms with van der Waals surface area (Å²) in [5, 5.41) is 5.00. The first kappa shape index (κ1) is 22.1. The SMILES string of the molecule is Cc1ccc(Cc2nc3nc4c(c(N5CCN(c6cccc(C)c6C)CC5)n3n2)CCCC4)cc1. The molecule has 180 valence electrons. The molecule has 1 saturated heterocycles. The van der Waals surface area contributed by atoms with Gasteiger partial charge in [0.05, 0.1) is 5.69 Å². The molecule has 6 rings (SSSR count). The predicted molar refractivity (Wildman–Crippen MR) is 142 cm³/mol. The second-order valence-electron chi connectivity index (χ2n) is 10.2. The Balaban J connectivity index is 1.33. The number of rotatable bonds is 4. The number of aryl methyl sites for hydroxylation is 3. The fraction of sp³-hybridized carbons (Fsp3) is 0.414. The smallest absolute Gasteiger partial charge is 0.254 e. The van der Waals surface area contributed by atoms with Crippen molar-refractivity contribution >= 4 is 17.3 Å². The van der Waals surface area contributed by atoms with Gasteiger partial charge >= 0.3 is 0 Å². The summed E-state index contributed by atoms with van der Waals surface area (Å²) in [6, 6.07) is 15.3. The topological polar surface area (TPSA) is 49.6 Å². The summed E-state index contributed by atoms with van der Waals surface area (Å²) in [4.78, 5) is 14.9. The van der Waals surface area contributed by atoms with Crippen molar-refractivity contribution in [3.8, 4) is 0 Å². The minimum absolute atomic E-state index is 0.730. The Morgan fingerprint density at radius 1 is 0.800 bits per heavy atom. The summed E-state index contributed by atoms with van der Waals surface area (Å²) < 4.78 is 2.04. The lowest BCUT2D eigenvalue weighted by atomic mass is 9.96. The number of nitrogens with zero attached hydrogens (tertiary/aromatic N) is 6. The Morgan fingerprint density at radius 3 is 2.34 bits per heavy atom. The van der Waals surface area contributed by atoms with E-state index in [1.165, 1.54) is 57.9 Å². The van der Waals surface area contributed by atoms with Gasteiger partial charge in [0.2, 0.25) is 0 Å². The van der Waals surface area contributed by atoms with Crippen LogP contribution < -0.4 is 9.80 Å². The van der Waals surface area contributed by atoms with Crippen LogP contribution in [0.4, 0.5) is 11.5 Å². The standard InChI is InChI=1S/C29H34N6/c1-20-11-13-23(14-12-20)19-27-31-29-30-25-9-5-4-8-24(25)28(35(29)32-27)34-17-15-33(16-18-34)26-10-6-7-21(2)22(26)3/h6-7,10-14H,4-5,8-9,15-19H2,1-3H3. The van der Waals surface area contributed by atoms with Crippen LogP contribution >= 0.6 is 0 Å². The van der Waals surface area contributed by atoms with E-state index < -0.39 is 0 Å². The molecule has 35 heavy (non-hydrogen) atoms.